The highest BCUT2D eigenvalue weighted by Gasteiger charge is 2.22. The van der Waals surface area contributed by atoms with Crippen LogP contribution in [0.25, 0.3) is 0 Å². The molecule has 0 unspecified atom stereocenters. The lowest BCUT2D eigenvalue weighted by atomic mass is 10.4. The van der Waals surface area contributed by atoms with Gasteiger partial charge in [-0.2, -0.15) is 0 Å². The van der Waals surface area contributed by atoms with Crippen LogP contribution in [0.3, 0.4) is 0 Å². The summed E-state index contributed by atoms with van der Waals surface area (Å²) < 4.78 is 27.6. The number of hydrogen-bond acceptors (Lipinski definition) is 7. The van der Waals surface area contributed by atoms with E-state index in [4.69, 9.17) is 0 Å². The summed E-state index contributed by atoms with van der Waals surface area (Å²) in [7, 11) is -3.64. The van der Waals surface area contributed by atoms with Crippen molar-refractivity contribution in [3.8, 4) is 0 Å². The fourth-order valence-electron chi connectivity index (χ4n) is 1.42. The number of nitrogens with one attached hydrogen (secondary N) is 2. The zero-order chi connectivity index (χ0) is 14.8. The lowest BCUT2D eigenvalue weighted by Crippen LogP contribution is -2.13. The van der Waals surface area contributed by atoms with Gasteiger partial charge in [0.05, 0.1) is 3.79 Å². The third-order valence-corrected chi connectivity index (χ3v) is 6.77. The molecule has 2 aromatic heterocycles. The van der Waals surface area contributed by atoms with Gasteiger partial charge in [-0.25, -0.2) is 8.42 Å². The van der Waals surface area contributed by atoms with Crippen LogP contribution in [0.4, 0.5) is 5.13 Å². The van der Waals surface area contributed by atoms with Crippen molar-refractivity contribution >= 4 is 53.8 Å². The predicted molar refractivity (Wildman–Crippen MR) is 84.9 cm³/mol. The zero-order valence-electron chi connectivity index (χ0n) is 10.8. The average molecular weight is 397 g/mol. The number of sulfonamides is 1. The van der Waals surface area contributed by atoms with Crippen molar-refractivity contribution in [1.82, 2.24) is 15.5 Å². The van der Waals surface area contributed by atoms with Crippen molar-refractivity contribution in [2.45, 2.75) is 25.3 Å². The Morgan fingerprint density at radius 3 is 2.70 bits per heavy atom. The molecule has 10 heteroatoms. The summed E-state index contributed by atoms with van der Waals surface area (Å²) in [5, 5.41) is 11.7. The molecule has 6 nitrogen and oxygen atoms in total. The highest BCUT2D eigenvalue weighted by Crippen LogP contribution is 2.33. The smallest absolute Gasteiger partial charge is 0.265 e. The zero-order valence-corrected chi connectivity index (χ0v) is 14.8. The van der Waals surface area contributed by atoms with Gasteiger partial charge in [0.15, 0.2) is 0 Å². The quantitative estimate of drug-likeness (QED) is 0.783. The van der Waals surface area contributed by atoms with E-state index in [0.29, 0.717) is 15.3 Å². The van der Waals surface area contributed by atoms with Gasteiger partial charge in [-0.3, -0.25) is 4.72 Å². The van der Waals surface area contributed by atoms with Gasteiger partial charge in [-0.1, -0.05) is 18.3 Å². The summed E-state index contributed by atoms with van der Waals surface area (Å²) in [5.41, 5.74) is 0. The molecule has 0 fully saturated rings. The molecule has 0 saturated carbocycles. The lowest BCUT2D eigenvalue weighted by Gasteiger charge is -2.02. The Hall–Kier alpha value is -0.550. The Bertz CT molecular complexity index is 695. The number of hydrogen-bond donors (Lipinski definition) is 2. The van der Waals surface area contributed by atoms with Gasteiger partial charge in [-0.15, -0.1) is 21.5 Å². The molecule has 0 aliphatic rings. The average Bonchev–Trinajstić information content (AvgIpc) is 2.93. The second-order valence-corrected chi connectivity index (χ2v) is 9.15. The maximum absolute atomic E-state index is 12.3. The van der Waals surface area contributed by atoms with Gasteiger partial charge in [0.1, 0.15) is 9.90 Å². The fraction of sp³-hybridized carbons (Fsp3) is 0.400. The number of anilines is 1. The van der Waals surface area contributed by atoms with Crippen molar-refractivity contribution in [2.75, 3.05) is 11.3 Å². The number of halogens is 1. The van der Waals surface area contributed by atoms with E-state index in [-0.39, 0.29) is 10.0 Å². The third-order valence-electron chi connectivity index (χ3n) is 2.29. The molecule has 2 aromatic rings. The number of thiophene rings is 1. The van der Waals surface area contributed by atoms with Gasteiger partial charge < -0.3 is 5.32 Å². The van der Waals surface area contributed by atoms with Crippen LogP contribution in [0.2, 0.25) is 0 Å². The van der Waals surface area contributed by atoms with E-state index in [0.717, 1.165) is 11.4 Å². The van der Waals surface area contributed by atoms with Crippen LogP contribution in [0.5, 0.6) is 0 Å². The minimum Gasteiger partial charge on any atom is -0.312 e. The summed E-state index contributed by atoms with van der Waals surface area (Å²) in [4.78, 5) is 1.18. The van der Waals surface area contributed by atoms with Gasteiger partial charge in [0, 0.05) is 11.4 Å². The number of aromatic nitrogens is 2. The minimum absolute atomic E-state index is 0.225. The summed E-state index contributed by atoms with van der Waals surface area (Å²) in [6, 6.07) is 1.66. The van der Waals surface area contributed by atoms with Crippen LogP contribution in [0.15, 0.2) is 14.7 Å². The molecule has 0 aromatic carbocycles. The Balaban J connectivity index is 2.22. The van der Waals surface area contributed by atoms with Crippen molar-refractivity contribution in [3.05, 3.63) is 19.7 Å². The van der Waals surface area contributed by atoms with E-state index >= 15 is 0 Å². The topological polar surface area (TPSA) is 84.0 Å². The SMILES string of the molecule is CCNCc1cc(S(=O)(=O)Nc2nnc(C)s2)c(Br)s1. The van der Waals surface area contributed by atoms with Crippen LogP contribution in [0, 0.1) is 6.92 Å². The first-order chi connectivity index (χ1) is 9.42. The number of rotatable bonds is 6. The van der Waals surface area contributed by atoms with Crippen molar-refractivity contribution in [1.29, 1.82) is 0 Å². The number of aryl methyl sites for hydroxylation is 1. The summed E-state index contributed by atoms with van der Waals surface area (Å²) in [5.74, 6) is 0. The van der Waals surface area contributed by atoms with Crippen LogP contribution in [-0.2, 0) is 16.6 Å². The van der Waals surface area contributed by atoms with E-state index in [1.165, 1.54) is 22.7 Å². The largest absolute Gasteiger partial charge is 0.312 e. The molecule has 0 radical (unpaired) electrons. The maximum Gasteiger partial charge on any atom is 0.265 e. The standard InChI is InChI=1S/C10H13BrN4O2S3/c1-3-12-5-7-4-8(9(11)19-7)20(16,17)15-10-14-13-6(2)18-10/h4,12H,3,5H2,1-2H3,(H,14,15). The van der Waals surface area contributed by atoms with Crippen LogP contribution < -0.4 is 10.0 Å². The van der Waals surface area contributed by atoms with E-state index in [1.807, 2.05) is 6.92 Å². The molecule has 0 saturated heterocycles. The highest BCUT2D eigenvalue weighted by atomic mass is 79.9. The van der Waals surface area contributed by atoms with E-state index in [9.17, 15) is 8.42 Å². The van der Waals surface area contributed by atoms with Crippen molar-refractivity contribution < 1.29 is 8.42 Å². The van der Waals surface area contributed by atoms with Gasteiger partial charge >= 0.3 is 0 Å². The van der Waals surface area contributed by atoms with Gasteiger partial charge in [0.25, 0.3) is 10.0 Å². The van der Waals surface area contributed by atoms with Crippen molar-refractivity contribution in [3.63, 3.8) is 0 Å². The van der Waals surface area contributed by atoms with Crippen LogP contribution in [0.1, 0.15) is 16.8 Å². The lowest BCUT2D eigenvalue weighted by molar-refractivity contribution is 0.601. The summed E-state index contributed by atoms with van der Waals surface area (Å²) in [6.45, 7) is 5.25. The molecule has 0 spiro atoms. The molecule has 20 heavy (non-hydrogen) atoms. The molecule has 0 amide bonds. The normalized spacial score (nSPS) is 11.8. The molecular weight excluding hydrogens is 384 g/mol. The van der Waals surface area contributed by atoms with Gasteiger partial charge in [0.2, 0.25) is 5.13 Å². The Morgan fingerprint density at radius 1 is 1.35 bits per heavy atom. The fourth-order valence-corrected chi connectivity index (χ4v) is 5.90. The highest BCUT2D eigenvalue weighted by molar-refractivity contribution is 9.11. The summed E-state index contributed by atoms with van der Waals surface area (Å²) >= 11 is 5.90. The van der Waals surface area contributed by atoms with E-state index in [1.54, 1.807) is 13.0 Å². The first-order valence-electron chi connectivity index (χ1n) is 5.74. The summed E-state index contributed by atoms with van der Waals surface area (Å²) in [6.07, 6.45) is 0. The Morgan fingerprint density at radius 2 is 2.10 bits per heavy atom. The number of nitrogens with zero attached hydrogens (tertiary/aromatic N) is 2. The molecule has 0 aliphatic heterocycles. The molecule has 2 N–H and O–H groups in total. The molecule has 2 rings (SSSR count). The first kappa shape index (κ1) is 15.8. The monoisotopic (exact) mass is 396 g/mol. The third kappa shape index (κ3) is 3.76. The predicted octanol–water partition coefficient (Wildman–Crippen LogP) is 2.58. The first-order valence-corrected chi connectivity index (χ1v) is 9.65. The molecule has 0 bridgehead atoms. The molecule has 110 valence electrons. The van der Waals surface area contributed by atoms with E-state index in [2.05, 4.69) is 36.2 Å². The van der Waals surface area contributed by atoms with Gasteiger partial charge in [-0.05, 0) is 35.5 Å². The Labute approximate surface area is 133 Å². The van der Waals surface area contributed by atoms with Crippen LogP contribution >= 0.6 is 38.6 Å². The molecule has 2 heterocycles. The van der Waals surface area contributed by atoms with Crippen LogP contribution in [-0.4, -0.2) is 25.2 Å². The molecule has 0 atom stereocenters. The maximum atomic E-state index is 12.3. The van der Waals surface area contributed by atoms with E-state index < -0.39 is 10.0 Å². The molecular formula is C10H13BrN4O2S3. The Kier molecular flexibility index (Phi) is 5.13. The second kappa shape index (κ2) is 6.48. The second-order valence-electron chi connectivity index (χ2n) is 3.86. The molecule has 0 aliphatic carbocycles. The minimum atomic E-state index is -3.64. The van der Waals surface area contributed by atoms with Crippen molar-refractivity contribution in [2.24, 2.45) is 0 Å².